The molecule has 2 aromatic carbocycles. The van der Waals surface area contributed by atoms with Crippen LogP contribution >= 0.6 is 0 Å². The number of pyridine rings is 2. The molecule has 2 aromatic heterocycles. The lowest BCUT2D eigenvalue weighted by atomic mass is 10.1. The Bertz CT molecular complexity index is 1560. The maximum absolute atomic E-state index is 13.0. The molecule has 1 saturated heterocycles. The molecule has 0 aliphatic carbocycles. The third-order valence-electron chi connectivity index (χ3n) is 6.68. The third kappa shape index (κ3) is 7.25. The summed E-state index contributed by atoms with van der Waals surface area (Å²) in [5.41, 5.74) is 1.94. The van der Waals surface area contributed by atoms with Crippen LogP contribution in [0.3, 0.4) is 0 Å². The van der Waals surface area contributed by atoms with Crippen LogP contribution < -0.4 is 15.0 Å². The first-order valence-electron chi connectivity index (χ1n) is 13.5. The summed E-state index contributed by atoms with van der Waals surface area (Å²) in [4.78, 5) is 38.2. The first-order valence-corrected chi connectivity index (χ1v) is 13.5. The number of hydrogen-bond donors (Lipinski definition) is 1. The van der Waals surface area contributed by atoms with Crippen molar-refractivity contribution >= 4 is 34.2 Å². The van der Waals surface area contributed by atoms with Gasteiger partial charge in [-0.05, 0) is 79.9 Å². The Morgan fingerprint density at radius 2 is 1.85 bits per heavy atom. The molecule has 0 radical (unpaired) electrons. The molecule has 9 heteroatoms. The van der Waals surface area contributed by atoms with Crippen molar-refractivity contribution in [3.63, 3.8) is 0 Å². The number of anilines is 2. The van der Waals surface area contributed by atoms with Crippen molar-refractivity contribution in [2.45, 2.75) is 13.3 Å². The van der Waals surface area contributed by atoms with Gasteiger partial charge < -0.3 is 19.7 Å². The predicted octanol–water partition coefficient (Wildman–Crippen LogP) is 4.75. The number of rotatable bonds is 9. The van der Waals surface area contributed by atoms with E-state index in [0.717, 1.165) is 55.9 Å². The number of carbonyl (C=O) groups is 2. The molecule has 1 N–H and O–H groups in total. The molecule has 9 nitrogen and oxygen atoms in total. The van der Waals surface area contributed by atoms with Crippen molar-refractivity contribution in [2.24, 2.45) is 0 Å². The Morgan fingerprint density at radius 1 is 1.02 bits per heavy atom. The van der Waals surface area contributed by atoms with Crippen LogP contribution in [0.4, 0.5) is 11.5 Å². The van der Waals surface area contributed by atoms with E-state index in [2.05, 4.69) is 32.0 Å². The van der Waals surface area contributed by atoms with E-state index >= 15 is 0 Å². The number of fused-ring (bicyclic) bond motifs is 1. The van der Waals surface area contributed by atoms with Gasteiger partial charge in [-0.25, -0.2) is 4.98 Å². The molecule has 41 heavy (non-hydrogen) atoms. The van der Waals surface area contributed by atoms with Gasteiger partial charge in [0.2, 0.25) is 0 Å². The minimum absolute atomic E-state index is 0.250. The van der Waals surface area contributed by atoms with Gasteiger partial charge in [-0.3, -0.25) is 19.5 Å². The largest absolute Gasteiger partial charge is 0.457 e. The first kappa shape index (κ1) is 27.8. The van der Waals surface area contributed by atoms with Gasteiger partial charge in [0, 0.05) is 55.2 Å². The molecule has 4 aromatic rings. The molecule has 1 aliphatic heterocycles. The van der Waals surface area contributed by atoms with Crippen LogP contribution in [0.5, 0.6) is 11.5 Å². The van der Waals surface area contributed by atoms with Crippen molar-refractivity contribution in [1.29, 1.82) is 0 Å². The molecule has 0 unspecified atom stereocenters. The lowest BCUT2D eigenvalue weighted by Gasteiger charge is -2.28. The van der Waals surface area contributed by atoms with Crippen molar-refractivity contribution in [3.05, 3.63) is 84.7 Å². The van der Waals surface area contributed by atoms with Gasteiger partial charge in [0.25, 0.3) is 5.91 Å². The van der Waals surface area contributed by atoms with Crippen molar-refractivity contribution in [1.82, 2.24) is 14.9 Å². The summed E-state index contributed by atoms with van der Waals surface area (Å²) in [6, 6.07) is 19.6. The highest BCUT2D eigenvalue weighted by atomic mass is 16.5. The zero-order chi connectivity index (χ0) is 28.4. The summed E-state index contributed by atoms with van der Waals surface area (Å²) < 4.78 is 11.7. The molecule has 0 spiro atoms. The fraction of sp³-hybridized carbons (Fsp3) is 0.250. The quantitative estimate of drug-likeness (QED) is 0.301. The highest BCUT2D eigenvalue weighted by Gasteiger charge is 2.17. The van der Waals surface area contributed by atoms with E-state index in [1.807, 2.05) is 24.3 Å². The lowest BCUT2D eigenvalue weighted by molar-refractivity contribution is -0.113. The fourth-order valence-corrected chi connectivity index (χ4v) is 4.59. The van der Waals surface area contributed by atoms with Crippen LogP contribution in [0.25, 0.3) is 10.9 Å². The number of carbonyl (C=O) groups excluding carboxylic acids is 2. The number of aromatic nitrogens is 2. The molecule has 3 heterocycles. The minimum atomic E-state index is -0.261. The fourth-order valence-electron chi connectivity index (χ4n) is 4.59. The lowest BCUT2D eigenvalue weighted by Crippen LogP contribution is -2.39. The molecule has 0 atom stereocenters. The highest BCUT2D eigenvalue weighted by Crippen LogP contribution is 2.32. The molecule has 1 aliphatic rings. The zero-order valence-corrected chi connectivity index (χ0v) is 22.9. The van der Waals surface area contributed by atoms with Crippen LogP contribution in [0, 0.1) is 11.8 Å². The molecule has 208 valence electrons. The number of morpholine rings is 1. The van der Waals surface area contributed by atoms with E-state index in [-0.39, 0.29) is 11.8 Å². The molecule has 5 rings (SSSR count). The van der Waals surface area contributed by atoms with E-state index in [4.69, 9.17) is 9.47 Å². The van der Waals surface area contributed by atoms with Crippen molar-refractivity contribution in [2.75, 3.05) is 49.6 Å². The standard InChI is InChI=1S/C32H31N5O4/c1-2-6-31(38)37(18-5-17-36-19-21-40-22-20-36)25-10-13-28-27(23-25)29(14-16-33-28)41-26-11-8-24(9-12-26)32(39)35-30-7-3-4-15-34-30/h3-4,7-16,23H,5,17-22H2,1H3,(H,34,35,39). The number of amides is 2. The predicted molar refractivity (Wildman–Crippen MR) is 158 cm³/mol. The van der Waals surface area contributed by atoms with Gasteiger partial charge in [0.15, 0.2) is 0 Å². The monoisotopic (exact) mass is 549 g/mol. The number of benzene rings is 2. The van der Waals surface area contributed by atoms with Crippen LogP contribution in [0.1, 0.15) is 23.7 Å². The summed E-state index contributed by atoms with van der Waals surface area (Å²) in [5.74, 6) is 6.53. The first-order chi connectivity index (χ1) is 20.1. The summed E-state index contributed by atoms with van der Waals surface area (Å²) in [5, 5.41) is 3.53. The number of ether oxygens (including phenoxy) is 2. The van der Waals surface area contributed by atoms with Crippen LogP contribution in [0.15, 0.2) is 79.1 Å². The zero-order valence-electron chi connectivity index (χ0n) is 22.9. The van der Waals surface area contributed by atoms with Gasteiger partial charge in [-0.1, -0.05) is 12.0 Å². The maximum Gasteiger partial charge on any atom is 0.302 e. The smallest absolute Gasteiger partial charge is 0.302 e. The average molecular weight is 550 g/mol. The van der Waals surface area contributed by atoms with Crippen molar-refractivity contribution < 1.29 is 19.1 Å². The van der Waals surface area contributed by atoms with Gasteiger partial charge in [0.1, 0.15) is 17.3 Å². The van der Waals surface area contributed by atoms with E-state index in [1.165, 1.54) is 0 Å². The number of hydrogen-bond acceptors (Lipinski definition) is 7. The Labute approximate surface area is 239 Å². The maximum atomic E-state index is 13.0. The average Bonchev–Trinajstić information content (AvgIpc) is 3.01. The van der Waals surface area contributed by atoms with Crippen LogP contribution in [-0.4, -0.2) is 66.1 Å². The molecule has 0 bridgehead atoms. The van der Waals surface area contributed by atoms with Gasteiger partial charge in [-0.2, -0.15) is 0 Å². The summed E-state index contributed by atoms with van der Waals surface area (Å²) >= 11 is 0. The van der Waals surface area contributed by atoms with Crippen LogP contribution in [0.2, 0.25) is 0 Å². The molecule has 0 saturated carbocycles. The van der Waals surface area contributed by atoms with E-state index in [0.29, 0.717) is 29.4 Å². The molecule has 1 fully saturated rings. The van der Waals surface area contributed by atoms with E-state index in [9.17, 15) is 9.59 Å². The molecular formula is C32H31N5O4. The highest BCUT2D eigenvalue weighted by molar-refractivity contribution is 6.07. The van der Waals surface area contributed by atoms with E-state index in [1.54, 1.807) is 66.7 Å². The van der Waals surface area contributed by atoms with Gasteiger partial charge in [-0.15, -0.1) is 0 Å². The second-order valence-electron chi connectivity index (χ2n) is 9.45. The van der Waals surface area contributed by atoms with Crippen molar-refractivity contribution in [3.8, 4) is 23.3 Å². The minimum Gasteiger partial charge on any atom is -0.457 e. The van der Waals surface area contributed by atoms with Gasteiger partial charge >= 0.3 is 5.91 Å². The normalized spacial score (nSPS) is 13.2. The Balaban J connectivity index is 1.33. The van der Waals surface area contributed by atoms with E-state index < -0.39 is 0 Å². The summed E-state index contributed by atoms with van der Waals surface area (Å²) in [7, 11) is 0. The number of nitrogens with zero attached hydrogens (tertiary/aromatic N) is 4. The second kappa shape index (κ2) is 13.5. The Hall–Kier alpha value is -4.78. The summed E-state index contributed by atoms with van der Waals surface area (Å²) in [6.07, 6.45) is 4.11. The number of nitrogens with one attached hydrogen (secondary N) is 1. The summed E-state index contributed by atoms with van der Waals surface area (Å²) in [6.45, 7) is 6.37. The molecular weight excluding hydrogens is 518 g/mol. The topological polar surface area (TPSA) is 96.9 Å². The Morgan fingerprint density at radius 3 is 2.61 bits per heavy atom. The molecule has 2 amide bonds. The third-order valence-corrected chi connectivity index (χ3v) is 6.68. The van der Waals surface area contributed by atoms with Crippen LogP contribution in [-0.2, 0) is 9.53 Å². The SMILES string of the molecule is CC#CC(=O)N(CCCN1CCOCC1)c1ccc2nccc(Oc3ccc(C(=O)Nc4ccccn4)cc3)c2c1. The Kier molecular flexibility index (Phi) is 9.16. The van der Waals surface area contributed by atoms with Gasteiger partial charge in [0.05, 0.1) is 18.7 Å². The second-order valence-corrected chi connectivity index (χ2v) is 9.45.